The zero-order valence-electron chi connectivity index (χ0n) is 14.2. The van der Waals surface area contributed by atoms with Crippen molar-refractivity contribution in [2.24, 2.45) is 0 Å². The van der Waals surface area contributed by atoms with Gasteiger partial charge in [0.1, 0.15) is 11.3 Å². The zero-order chi connectivity index (χ0) is 18.4. The fourth-order valence-corrected chi connectivity index (χ4v) is 3.72. The quantitative estimate of drug-likeness (QED) is 0.409. The lowest BCUT2D eigenvalue weighted by molar-refractivity contribution is -0.383. The van der Waals surface area contributed by atoms with Crippen molar-refractivity contribution < 1.29 is 14.1 Å². The molecular formula is C17H14N4O4S. The van der Waals surface area contributed by atoms with Crippen LogP contribution in [0.25, 0.3) is 21.3 Å². The number of benzene rings is 2. The van der Waals surface area contributed by atoms with Gasteiger partial charge in [-0.3, -0.25) is 15.4 Å². The van der Waals surface area contributed by atoms with Gasteiger partial charge in [-0.1, -0.05) is 17.4 Å². The Morgan fingerprint density at radius 1 is 1.23 bits per heavy atom. The van der Waals surface area contributed by atoms with Crippen LogP contribution in [0.5, 0.6) is 5.75 Å². The van der Waals surface area contributed by atoms with E-state index in [-0.39, 0.29) is 5.69 Å². The van der Waals surface area contributed by atoms with Gasteiger partial charge in [-0.15, -0.1) is 0 Å². The number of ether oxygens (including phenoxy) is 1. The van der Waals surface area contributed by atoms with E-state index >= 15 is 0 Å². The van der Waals surface area contributed by atoms with Crippen LogP contribution < -0.4 is 10.1 Å². The Labute approximate surface area is 151 Å². The molecule has 0 spiro atoms. The molecular weight excluding hydrogens is 356 g/mol. The predicted octanol–water partition coefficient (Wildman–Crippen LogP) is 4.71. The highest BCUT2D eigenvalue weighted by atomic mass is 32.1. The molecule has 0 saturated carbocycles. The summed E-state index contributed by atoms with van der Waals surface area (Å²) in [5, 5.41) is 14.8. The van der Waals surface area contributed by atoms with Gasteiger partial charge in [-0.05, 0) is 31.0 Å². The van der Waals surface area contributed by atoms with Crippen molar-refractivity contribution in [2.75, 3.05) is 12.4 Å². The third-order valence-electron chi connectivity index (χ3n) is 3.91. The molecule has 0 amide bonds. The Kier molecular flexibility index (Phi) is 3.73. The van der Waals surface area contributed by atoms with Crippen molar-refractivity contribution >= 4 is 49.5 Å². The summed E-state index contributed by atoms with van der Waals surface area (Å²) in [6.45, 7) is 3.95. The highest BCUT2D eigenvalue weighted by Gasteiger charge is 2.20. The summed E-state index contributed by atoms with van der Waals surface area (Å²) in [5.74, 6) is 0.410. The van der Waals surface area contributed by atoms with E-state index in [0.717, 1.165) is 16.6 Å². The molecule has 0 fully saturated rings. The number of nitrogens with one attached hydrogen (secondary N) is 1. The Morgan fingerprint density at radius 3 is 2.77 bits per heavy atom. The zero-order valence-corrected chi connectivity index (χ0v) is 15.0. The van der Waals surface area contributed by atoms with Gasteiger partial charge in [0.05, 0.1) is 22.8 Å². The molecule has 2 aromatic carbocycles. The summed E-state index contributed by atoms with van der Waals surface area (Å²) in [6, 6.07) is 7.32. The molecule has 2 aromatic heterocycles. The van der Waals surface area contributed by atoms with Gasteiger partial charge < -0.3 is 9.15 Å². The van der Waals surface area contributed by atoms with Gasteiger partial charge in [0.15, 0.2) is 16.2 Å². The monoisotopic (exact) mass is 370 g/mol. The van der Waals surface area contributed by atoms with Crippen LogP contribution in [-0.4, -0.2) is 22.0 Å². The summed E-state index contributed by atoms with van der Waals surface area (Å²) in [4.78, 5) is 19.6. The maximum Gasteiger partial charge on any atom is 0.302 e. The normalized spacial score (nSPS) is 11.2. The second kappa shape index (κ2) is 5.95. The van der Waals surface area contributed by atoms with Gasteiger partial charge >= 0.3 is 6.01 Å². The third kappa shape index (κ3) is 2.72. The number of aryl methyl sites for hydroxylation is 2. The number of rotatable bonds is 4. The van der Waals surface area contributed by atoms with Crippen molar-refractivity contribution in [3.8, 4) is 5.75 Å². The first-order valence-electron chi connectivity index (χ1n) is 7.72. The number of aromatic nitrogens is 2. The van der Waals surface area contributed by atoms with Crippen LogP contribution in [0.1, 0.15) is 11.1 Å². The van der Waals surface area contributed by atoms with Crippen molar-refractivity contribution in [3.05, 3.63) is 45.5 Å². The largest absolute Gasteiger partial charge is 0.496 e. The number of methoxy groups -OCH3 is 1. The maximum absolute atomic E-state index is 11.3. The topological polar surface area (TPSA) is 103 Å². The average molecular weight is 370 g/mol. The first-order chi connectivity index (χ1) is 12.4. The minimum atomic E-state index is -0.472. The molecule has 0 aliphatic rings. The minimum Gasteiger partial charge on any atom is -0.496 e. The van der Waals surface area contributed by atoms with E-state index in [2.05, 4.69) is 15.3 Å². The Bertz CT molecular complexity index is 1160. The molecule has 0 saturated heterocycles. The van der Waals surface area contributed by atoms with Crippen LogP contribution in [-0.2, 0) is 0 Å². The SMILES string of the molecule is COc1cc([N+](=O)[O-])c2nc(Nc3nc4cc(C)cc(C)c4o3)sc2c1. The summed E-state index contributed by atoms with van der Waals surface area (Å²) in [5.41, 5.74) is 3.73. The Hall–Kier alpha value is -3.20. The van der Waals surface area contributed by atoms with Crippen molar-refractivity contribution in [2.45, 2.75) is 13.8 Å². The molecule has 0 aliphatic heterocycles. The number of oxazole rings is 1. The number of hydrogen-bond donors (Lipinski definition) is 1. The standard InChI is InChI=1S/C17H14N4O4S/c1-8-4-9(2)15-11(5-8)18-16(25-15)20-17-19-14-12(21(22)23)6-10(24-3)7-13(14)26-17/h4-7H,1-3H3,(H,18,19,20). The Morgan fingerprint density at radius 2 is 2.04 bits per heavy atom. The molecule has 26 heavy (non-hydrogen) atoms. The highest BCUT2D eigenvalue weighted by molar-refractivity contribution is 7.22. The van der Waals surface area contributed by atoms with Gasteiger partial charge in [0.2, 0.25) is 0 Å². The van der Waals surface area contributed by atoms with Gasteiger partial charge in [0.25, 0.3) is 5.69 Å². The number of non-ortho nitro benzene ring substituents is 1. The molecule has 0 radical (unpaired) electrons. The fraction of sp³-hybridized carbons (Fsp3) is 0.176. The summed E-state index contributed by atoms with van der Waals surface area (Å²) in [6.07, 6.45) is 0. The van der Waals surface area contributed by atoms with E-state index in [9.17, 15) is 10.1 Å². The molecule has 1 N–H and O–H groups in total. The number of nitro benzene ring substituents is 1. The minimum absolute atomic E-state index is 0.104. The van der Waals surface area contributed by atoms with Crippen LogP contribution in [0.15, 0.2) is 28.7 Å². The van der Waals surface area contributed by atoms with E-state index in [0.29, 0.717) is 32.7 Å². The first kappa shape index (κ1) is 16.3. The van der Waals surface area contributed by atoms with E-state index in [4.69, 9.17) is 9.15 Å². The molecule has 0 atom stereocenters. The number of anilines is 2. The average Bonchev–Trinajstić information content (AvgIpc) is 3.16. The van der Waals surface area contributed by atoms with Crippen LogP contribution in [0.4, 0.5) is 16.8 Å². The summed E-state index contributed by atoms with van der Waals surface area (Å²) in [7, 11) is 1.47. The van der Waals surface area contributed by atoms with Crippen molar-refractivity contribution in [1.82, 2.24) is 9.97 Å². The lowest BCUT2D eigenvalue weighted by Crippen LogP contribution is -1.92. The van der Waals surface area contributed by atoms with Crippen LogP contribution >= 0.6 is 11.3 Å². The lowest BCUT2D eigenvalue weighted by Gasteiger charge is -1.99. The molecule has 9 heteroatoms. The van der Waals surface area contributed by atoms with Crippen LogP contribution in [0, 0.1) is 24.0 Å². The van der Waals surface area contributed by atoms with E-state index in [1.807, 2.05) is 26.0 Å². The molecule has 0 aliphatic carbocycles. The second-order valence-electron chi connectivity index (χ2n) is 5.84. The molecule has 8 nitrogen and oxygen atoms in total. The van der Waals surface area contributed by atoms with Crippen molar-refractivity contribution in [3.63, 3.8) is 0 Å². The van der Waals surface area contributed by atoms with E-state index < -0.39 is 4.92 Å². The number of fused-ring (bicyclic) bond motifs is 2. The van der Waals surface area contributed by atoms with Gasteiger partial charge in [-0.25, -0.2) is 4.98 Å². The number of thiazole rings is 1. The number of nitro groups is 1. The summed E-state index contributed by atoms with van der Waals surface area (Å²) >= 11 is 1.26. The fourth-order valence-electron chi connectivity index (χ4n) is 2.82. The summed E-state index contributed by atoms with van der Waals surface area (Å²) < 4.78 is 11.5. The van der Waals surface area contributed by atoms with Gasteiger partial charge in [0, 0.05) is 6.07 Å². The molecule has 0 unspecified atom stereocenters. The Balaban J connectivity index is 1.77. The van der Waals surface area contributed by atoms with E-state index in [1.165, 1.54) is 24.5 Å². The molecule has 4 aromatic rings. The second-order valence-corrected chi connectivity index (χ2v) is 6.87. The predicted molar refractivity (Wildman–Crippen MR) is 99.6 cm³/mol. The van der Waals surface area contributed by atoms with Crippen molar-refractivity contribution in [1.29, 1.82) is 0 Å². The van der Waals surface area contributed by atoms with E-state index in [1.54, 1.807) is 6.07 Å². The third-order valence-corrected chi connectivity index (χ3v) is 4.83. The van der Waals surface area contributed by atoms with Crippen LogP contribution in [0.2, 0.25) is 0 Å². The maximum atomic E-state index is 11.3. The number of nitrogens with zero attached hydrogens (tertiary/aromatic N) is 3. The first-order valence-corrected chi connectivity index (χ1v) is 8.54. The molecule has 132 valence electrons. The number of hydrogen-bond acceptors (Lipinski definition) is 8. The van der Waals surface area contributed by atoms with Gasteiger partial charge in [-0.2, -0.15) is 4.98 Å². The highest BCUT2D eigenvalue weighted by Crippen LogP contribution is 2.37. The lowest BCUT2D eigenvalue weighted by atomic mass is 10.1. The van der Waals surface area contributed by atoms with Crippen LogP contribution in [0.3, 0.4) is 0 Å². The smallest absolute Gasteiger partial charge is 0.302 e. The molecule has 4 rings (SSSR count). The molecule has 0 bridgehead atoms. The molecule has 2 heterocycles.